The van der Waals surface area contributed by atoms with Gasteiger partial charge in [0.05, 0.1) is 24.2 Å². The Labute approximate surface area is 115 Å². The van der Waals surface area contributed by atoms with Gasteiger partial charge >= 0.3 is 5.97 Å². The van der Waals surface area contributed by atoms with Gasteiger partial charge in [0.25, 0.3) is 0 Å². The van der Waals surface area contributed by atoms with E-state index < -0.39 is 18.1 Å². The summed E-state index contributed by atoms with van der Waals surface area (Å²) in [6.45, 7) is 0.0477. The molecule has 0 spiro atoms. The minimum absolute atomic E-state index is 0.0306. The average Bonchev–Trinajstić information content (AvgIpc) is 2.75. The first-order valence-corrected chi connectivity index (χ1v) is 6.20. The van der Waals surface area contributed by atoms with Gasteiger partial charge in [0.2, 0.25) is 5.91 Å². The van der Waals surface area contributed by atoms with Crippen LogP contribution in [-0.2, 0) is 16.0 Å². The van der Waals surface area contributed by atoms with Gasteiger partial charge < -0.3 is 15.1 Å². The predicted octanol–water partition coefficient (Wildman–Crippen LogP) is 0.147. The molecule has 2 atom stereocenters. The second-order valence-electron chi connectivity index (χ2n) is 4.77. The van der Waals surface area contributed by atoms with Gasteiger partial charge in [-0.1, -0.05) is 12.1 Å². The van der Waals surface area contributed by atoms with E-state index >= 15 is 0 Å². The second kappa shape index (κ2) is 5.72. The quantitative estimate of drug-likeness (QED) is 0.813. The Morgan fingerprint density at radius 2 is 2.10 bits per heavy atom. The van der Waals surface area contributed by atoms with E-state index in [0.717, 1.165) is 5.56 Å². The first-order chi connectivity index (χ1) is 9.51. The van der Waals surface area contributed by atoms with Crippen LogP contribution in [0.4, 0.5) is 0 Å². The fourth-order valence-corrected chi connectivity index (χ4v) is 2.28. The third-order valence-corrected chi connectivity index (χ3v) is 3.31. The molecule has 1 heterocycles. The number of aliphatic carboxylic acids is 1. The van der Waals surface area contributed by atoms with Crippen LogP contribution in [0.5, 0.6) is 0 Å². The monoisotopic (exact) mass is 274 g/mol. The highest BCUT2D eigenvalue weighted by atomic mass is 16.4. The molecule has 2 rings (SSSR count). The Kier molecular flexibility index (Phi) is 4.01. The number of aliphatic hydroxyl groups excluding tert-OH is 1. The molecule has 0 radical (unpaired) electrons. The van der Waals surface area contributed by atoms with E-state index in [1.54, 1.807) is 24.3 Å². The zero-order chi connectivity index (χ0) is 14.7. The Morgan fingerprint density at radius 3 is 2.55 bits per heavy atom. The minimum atomic E-state index is -1.10. The number of β-amino-alcohol motifs (C(OH)–C–C–N with tert-alkyl or cyclic N) is 1. The first kappa shape index (κ1) is 14.0. The highest BCUT2D eigenvalue weighted by Crippen LogP contribution is 2.18. The van der Waals surface area contributed by atoms with E-state index in [9.17, 15) is 19.8 Å². The number of likely N-dealkylation sites (tertiary alicyclic amines) is 1. The molecular formula is C14H14N2O4. The molecule has 1 fully saturated rings. The van der Waals surface area contributed by atoms with E-state index in [2.05, 4.69) is 0 Å². The smallest absolute Gasteiger partial charge is 0.326 e. The van der Waals surface area contributed by atoms with Gasteiger partial charge in [0, 0.05) is 13.0 Å². The van der Waals surface area contributed by atoms with Gasteiger partial charge in [-0.2, -0.15) is 5.26 Å². The number of hydrogen-bond donors (Lipinski definition) is 2. The van der Waals surface area contributed by atoms with Gasteiger partial charge in [-0.3, -0.25) is 4.79 Å². The van der Waals surface area contributed by atoms with Crippen LogP contribution >= 0.6 is 0 Å². The SMILES string of the molecule is N#Cc1ccc(C[C@@H](C(=O)O)N2CC(O)CC2=O)cc1. The molecule has 0 saturated carbocycles. The highest BCUT2D eigenvalue weighted by molar-refractivity contribution is 5.85. The summed E-state index contributed by atoms with van der Waals surface area (Å²) in [6.07, 6.45) is -0.679. The molecule has 1 unspecified atom stereocenters. The molecule has 0 bridgehead atoms. The van der Waals surface area contributed by atoms with Crippen LogP contribution in [0, 0.1) is 11.3 Å². The van der Waals surface area contributed by atoms with E-state index in [1.165, 1.54) is 4.90 Å². The third kappa shape index (κ3) is 2.95. The first-order valence-electron chi connectivity index (χ1n) is 6.20. The van der Waals surface area contributed by atoms with E-state index in [1.807, 2.05) is 6.07 Å². The van der Waals surface area contributed by atoms with E-state index in [-0.39, 0.29) is 25.3 Å². The highest BCUT2D eigenvalue weighted by Gasteiger charge is 2.36. The van der Waals surface area contributed by atoms with Crippen molar-refractivity contribution < 1.29 is 19.8 Å². The maximum atomic E-state index is 11.7. The zero-order valence-electron chi connectivity index (χ0n) is 10.7. The number of aliphatic hydroxyl groups is 1. The lowest BCUT2D eigenvalue weighted by Crippen LogP contribution is -2.44. The number of carbonyl (C=O) groups is 2. The summed E-state index contributed by atoms with van der Waals surface area (Å²) in [4.78, 5) is 24.2. The summed E-state index contributed by atoms with van der Waals surface area (Å²) in [5.41, 5.74) is 1.22. The molecule has 20 heavy (non-hydrogen) atoms. The van der Waals surface area contributed by atoms with Gasteiger partial charge in [-0.15, -0.1) is 0 Å². The van der Waals surface area contributed by atoms with Crippen LogP contribution in [0.25, 0.3) is 0 Å². The van der Waals surface area contributed by atoms with Crippen LogP contribution in [0.3, 0.4) is 0 Å². The molecule has 6 nitrogen and oxygen atoms in total. The Hall–Kier alpha value is -2.39. The molecule has 0 aromatic heterocycles. The summed E-state index contributed by atoms with van der Waals surface area (Å²) in [7, 11) is 0. The summed E-state index contributed by atoms with van der Waals surface area (Å²) >= 11 is 0. The van der Waals surface area contributed by atoms with E-state index in [4.69, 9.17) is 5.26 Å². The van der Waals surface area contributed by atoms with Crippen molar-refractivity contribution in [1.29, 1.82) is 5.26 Å². The van der Waals surface area contributed by atoms with Crippen molar-refractivity contribution in [1.82, 2.24) is 4.90 Å². The number of nitrogens with zero attached hydrogens (tertiary/aromatic N) is 2. The van der Waals surface area contributed by atoms with Crippen LogP contribution < -0.4 is 0 Å². The summed E-state index contributed by atoms with van der Waals surface area (Å²) in [6, 6.07) is 7.55. The van der Waals surface area contributed by atoms with Crippen molar-refractivity contribution in [3.8, 4) is 6.07 Å². The Balaban J connectivity index is 2.15. The van der Waals surface area contributed by atoms with Crippen molar-refractivity contribution in [3.63, 3.8) is 0 Å². The molecule has 1 aromatic carbocycles. The number of benzene rings is 1. The Morgan fingerprint density at radius 1 is 1.45 bits per heavy atom. The number of rotatable bonds is 4. The average molecular weight is 274 g/mol. The molecule has 2 N–H and O–H groups in total. The minimum Gasteiger partial charge on any atom is -0.480 e. The molecule has 1 aliphatic rings. The lowest BCUT2D eigenvalue weighted by molar-refractivity contribution is -0.148. The van der Waals surface area contributed by atoms with Gasteiger partial charge in [0.1, 0.15) is 6.04 Å². The fraction of sp³-hybridized carbons (Fsp3) is 0.357. The predicted molar refractivity (Wildman–Crippen MR) is 68.6 cm³/mol. The standard InChI is InChI=1S/C14H14N2O4/c15-7-10-3-1-9(2-4-10)5-12(14(19)20)16-8-11(17)6-13(16)18/h1-4,11-12,17H,5-6,8H2,(H,19,20)/t11?,12-/m0/s1. The van der Waals surface area contributed by atoms with Crippen LogP contribution in [0.1, 0.15) is 17.5 Å². The fourth-order valence-electron chi connectivity index (χ4n) is 2.28. The molecule has 1 aliphatic heterocycles. The van der Waals surface area contributed by atoms with Crippen LogP contribution in [-0.4, -0.2) is 45.7 Å². The summed E-state index contributed by atoms with van der Waals surface area (Å²) in [5, 5.41) is 27.4. The Bertz CT molecular complexity index is 562. The molecule has 104 valence electrons. The van der Waals surface area contributed by atoms with E-state index in [0.29, 0.717) is 5.56 Å². The second-order valence-corrected chi connectivity index (χ2v) is 4.77. The molecule has 1 amide bonds. The van der Waals surface area contributed by atoms with Gasteiger partial charge in [-0.05, 0) is 17.7 Å². The number of carboxylic acid groups (broad SMARTS) is 1. The number of amides is 1. The third-order valence-electron chi connectivity index (χ3n) is 3.31. The molecular weight excluding hydrogens is 260 g/mol. The molecule has 0 aliphatic carbocycles. The largest absolute Gasteiger partial charge is 0.480 e. The summed E-state index contributed by atoms with van der Waals surface area (Å²) < 4.78 is 0. The number of nitriles is 1. The molecule has 1 saturated heterocycles. The van der Waals surface area contributed by atoms with Crippen molar-refractivity contribution in [2.45, 2.75) is 25.0 Å². The van der Waals surface area contributed by atoms with Gasteiger partial charge in [-0.25, -0.2) is 4.79 Å². The topological polar surface area (TPSA) is 102 Å². The number of carbonyl (C=O) groups excluding carboxylic acids is 1. The number of carboxylic acids is 1. The molecule has 1 aromatic rings. The maximum absolute atomic E-state index is 11.7. The lowest BCUT2D eigenvalue weighted by atomic mass is 10.0. The lowest BCUT2D eigenvalue weighted by Gasteiger charge is -2.24. The van der Waals surface area contributed by atoms with Crippen LogP contribution in [0.15, 0.2) is 24.3 Å². The normalized spacial score (nSPS) is 19.7. The summed E-state index contributed by atoms with van der Waals surface area (Å²) in [5.74, 6) is -1.45. The maximum Gasteiger partial charge on any atom is 0.326 e. The van der Waals surface area contributed by atoms with Gasteiger partial charge in [0.15, 0.2) is 0 Å². The van der Waals surface area contributed by atoms with Crippen molar-refractivity contribution in [2.24, 2.45) is 0 Å². The van der Waals surface area contributed by atoms with Crippen molar-refractivity contribution in [2.75, 3.05) is 6.54 Å². The number of hydrogen-bond acceptors (Lipinski definition) is 4. The molecule has 6 heteroatoms. The van der Waals surface area contributed by atoms with Crippen molar-refractivity contribution >= 4 is 11.9 Å². The zero-order valence-corrected chi connectivity index (χ0v) is 10.7. The van der Waals surface area contributed by atoms with Crippen molar-refractivity contribution in [3.05, 3.63) is 35.4 Å². The van der Waals surface area contributed by atoms with Crippen LogP contribution in [0.2, 0.25) is 0 Å².